The second kappa shape index (κ2) is 8.06. The summed E-state index contributed by atoms with van der Waals surface area (Å²) in [5.41, 5.74) is 7.60. The summed E-state index contributed by atoms with van der Waals surface area (Å²) in [7, 11) is 1.93. The third-order valence-corrected chi connectivity index (χ3v) is 6.49. The van der Waals surface area contributed by atoms with Crippen molar-refractivity contribution in [3.63, 3.8) is 0 Å². The van der Waals surface area contributed by atoms with Crippen molar-refractivity contribution in [3.05, 3.63) is 58.3 Å². The number of nitrogens with zero attached hydrogens (tertiary/aromatic N) is 3. The van der Waals surface area contributed by atoms with Gasteiger partial charge in [-0.15, -0.1) is 5.10 Å². The number of carbonyl (C=O) groups excluding carboxylic acids is 1. The summed E-state index contributed by atoms with van der Waals surface area (Å²) in [4.78, 5) is 12.7. The molecule has 0 amide bonds. The summed E-state index contributed by atoms with van der Waals surface area (Å²) >= 11 is 0. The van der Waals surface area contributed by atoms with Gasteiger partial charge in [-0.25, -0.2) is 4.68 Å². The number of hydrogen-bond acceptors (Lipinski definition) is 6. The van der Waals surface area contributed by atoms with Crippen LogP contribution in [-0.2, 0) is 23.2 Å². The minimum atomic E-state index is -0.248. The highest BCUT2D eigenvalue weighted by Gasteiger charge is 2.31. The molecule has 4 aromatic rings. The average Bonchev–Trinajstić information content (AvgIpc) is 3.39. The first-order valence-electron chi connectivity index (χ1n) is 11.1. The van der Waals surface area contributed by atoms with Gasteiger partial charge in [0, 0.05) is 23.9 Å². The molecule has 2 aromatic carbocycles. The fourth-order valence-electron chi connectivity index (χ4n) is 4.78. The van der Waals surface area contributed by atoms with Crippen LogP contribution in [-0.4, -0.2) is 32.7 Å². The Labute approximate surface area is 186 Å². The largest absolute Gasteiger partial charge is 0.466 e. The smallest absolute Gasteiger partial charge is 0.306 e. The molecule has 1 atom stereocenters. The number of fused-ring (bicyclic) bond motifs is 2. The summed E-state index contributed by atoms with van der Waals surface area (Å²) in [5.74, 6) is 0.0196. The minimum absolute atomic E-state index is 0.139. The zero-order valence-electron chi connectivity index (χ0n) is 18.6. The zero-order valence-corrected chi connectivity index (χ0v) is 18.6. The molecular formula is C25H27N3O4. The fraction of sp³-hybridized carbons (Fsp3) is 0.400. The Morgan fingerprint density at radius 2 is 2.16 bits per heavy atom. The molecule has 1 aliphatic rings. The van der Waals surface area contributed by atoms with Gasteiger partial charge in [0.1, 0.15) is 11.1 Å². The summed E-state index contributed by atoms with van der Waals surface area (Å²) in [6, 6.07) is 8.10. The van der Waals surface area contributed by atoms with Gasteiger partial charge in [0.05, 0.1) is 31.4 Å². The number of aliphatic hydroxyl groups excluding tert-OH is 1. The van der Waals surface area contributed by atoms with Crippen LogP contribution in [0.4, 0.5) is 0 Å². The normalized spacial score (nSPS) is 14.9. The molecule has 0 saturated heterocycles. The van der Waals surface area contributed by atoms with E-state index in [-0.39, 0.29) is 24.9 Å². The van der Waals surface area contributed by atoms with Crippen LogP contribution < -0.4 is 0 Å². The molecule has 7 heteroatoms. The Morgan fingerprint density at radius 3 is 2.88 bits per heavy atom. The number of hydrogen-bond donors (Lipinski definition) is 1. The number of furan rings is 1. The molecule has 0 bridgehead atoms. The SMILES string of the molecule is CCOC(=O)CC(c1cc(CO)c2occc2c1)c1cc(C2CC2)c2c(nnn2C)c1C. The molecule has 1 unspecified atom stereocenters. The van der Waals surface area contributed by atoms with Gasteiger partial charge < -0.3 is 14.3 Å². The standard InChI is InChI=1S/C25H27N3O4/c1-4-31-22(30)12-20(17-9-16-7-8-32-25(16)18(10-17)13-29)19-11-21(15-5-6-15)24-23(14(19)2)26-27-28(24)3/h7-11,15,20,29H,4-6,12-13H2,1-3H3. The average molecular weight is 434 g/mol. The van der Waals surface area contributed by atoms with E-state index in [0.29, 0.717) is 23.7 Å². The highest BCUT2D eigenvalue weighted by Crippen LogP contribution is 2.46. The predicted octanol–water partition coefficient (Wildman–Crippen LogP) is 4.48. The number of esters is 1. The van der Waals surface area contributed by atoms with Gasteiger partial charge >= 0.3 is 5.97 Å². The number of ether oxygens (including phenoxy) is 1. The Morgan fingerprint density at radius 1 is 1.34 bits per heavy atom. The Hall–Kier alpha value is -3.19. The summed E-state index contributed by atoms with van der Waals surface area (Å²) < 4.78 is 12.7. The van der Waals surface area contributed by atoms with Gasteiger partial charge in [0.2, 0.25) is 0 Å². The van der Waals surface area contributed by atoms with Crippen molar-refractivity contribution in [2.75, 3.05) is 6.61 Å². The lowest BCUT2D eigenvalue weighted by Crippen LogP contribution is -2.14. The van der Waals surface area contributed by atoms with E-state index in [1.54, 1.807) is 6.26 Å². The van der Waals surface area contributed by atoms with Gasteiger partial charge in [0.15, 0.2) is 0 Å². The zero-order chi connectivity index (χ0) is 22.4. The van der Waals surface area contributed by atoms with E-state index in [9.17, 15) is 9.90 Å². The van der Waals surface area contributed by atoms with Gasteiger partial charge in [0.25, 0.3) is 0 Å². The number of aryl methyl sites for hydroxylation is 2. The molecule has 166 valence electrons. The molecule has 1 fully saturated rings. The molecule has 0 radical (unpaired) electrons. The molecule has 1 N–H and O–H groups in total. The van der Waals surface area contributed by atoms with Crippen LogP contribution in [0.1, 0.15) is 65.8 Å². The van der Waals surface area contributed by atoms with Crippen LogP contribution in [0.15, 0.2) is 34.9 Å². The first-order chi connectivity index (χ1) is 15.5. The summed E-state index contributed by atoms with van der Waals surface area (Å²) in [6.07, 6.45) is 4.14. The lowest BCUT2D eigenvalue weighted by atomic mass is 9.83. The summed E-state index contributed by atoms with van der Waals surface area (Å²) in [5, 5.41) is 19.6. The van der Waals surface area contributed by atoms with Crippen LogP contribution >= 0.6 is 0 Å². The van der Waals surface area contributed by atoms with Crippen LogP contribution in [0.3, 0.4) is 0 Å². The molecule has 7 nitrogen and oxygen atoms in total. The maximum Gasteiger partial charge on any atom is 0.306 e. The first kappa shape index (κ1) is 20.7. The van der Waals surface area contributed by atoms with Crippen molar-refractivity contribution in [2.24, 2.45) is 7.05 Å². The highest BCUT2D eigenvalue weighted by molar-refractivity contribution is 5.86. The van der Waals surface area contributed by atoms with Crippen molar-refractivity contribution in [3.8, 4) is 0 Å². The van der Waals surface area contributed by atoms with Crippen molar-refractivity contribution >= 4 is 28.0 Å². The first-order valence-corrected chi connectivity index (χ1v) is 11.1. The second-order valence-electron chi connectivity index (χ2n) is 8.60. The molecule has 2 aromatic heterocycles. The second-order valence-corrected chi connectivity index (χ2v) is 8.60. The number of rotatable bonds is 7. The Bertz CT molecular complexity index is 1320. The lowest BCUT2D eigenvalue weighted by Gasteiger charge is -2.22. The van der Waals surface area contributed by atoms with E-state index in [0.717, 1.165) is 46.0 Å². The third kappa shape index (κ3) is 3.46. The van der Waals surface area contributed by atoms with Crippen molar-refractivity contribution in [2.45, 2.75) is 51.6 Å². The molecule has 32 heavy (non-hydrogen) atoms. The number of aromatic nitrogens is 3. The molecule has 0 spiro atoms. The van der Waals surface area contributed by atoms with Gasteiger partial charge in [-0.2, -0.15) is 0 Å². The van der Waals surface area contributed by atoms with E-state index in [4.69, 9.17) is 9.15 Å². The molecular weight excluding hydrogens is 406 g/mol. The van der Waals surface area contributed by atoms with Crippen LogP contribution in [0.25, 0.3) is 22.0 Å². The van der Waals surface area contributed by atoms with Gasteiger partial charge in [-0.1, -0.05) is 11.3 Å². The predicted molar refractivity (Wildman–Crippen MR) is 120 cm³/mol. The van der Waals surface area contributed by atoms with E-state index in [1.807, 2.05) is 43.8 Å². The Balaban J connectivity index is 1.72. The fourth-order valence-corrected chi connectivity index (χ4v) is 4.78. The third-order valence-electron chi connectivity index (χ3n) is 6.49. The van der Waals surface area contributed by atoms with Gasteiger partial charge in [-0.05, 0) is 73.1 Å². The molecule has 2 heterocycles. The van der Waals surface area contributed by atoms with Crippen LogP contribution in [0.2, 0.25) is 0 Å². The summed E-state index contributed by atoms with van der Waals surface area (Å²) in [6.45, 7) is 4.06. The lowest BCUT2D eigenvalue weighted by molar-refractivity contribution is -0.143. The van der Waals surface area contributed by atoms with E-state index < -0.39 is 0 Å². The maximum absolute atomic E-state index is 12.7. The molecule has 1 aliphatic carbocycles. The van der Waals surface area contributed by atoms with Crippen molar-refractivity contribution in [1.82, 2.24) is 15.0 Å². The quantitative estimate of drug-likeness (QED) is 0.432. The van der Waals surface area contributed by atoms with E-state index >= 15 is 0 Å². The molecule has 1 saturated carbocycles. The number of benzene rings is 2. The minimum Gasteiger partial charge on any atom is -0.466 e. The van der Waals surface area contributed by atoms with E-state index in [1.165, 1.54) is 5.56 Å². The van der Waals surface area contributed by atoms with Crippen LogP contribution in [0, 0.1) is 6.92 Å². The van der Waals surface area contributed by atoms with Crippen molar-refractivity contribution < 1.29 is 19.1 Å². The van der Waals surface area contributed by atoms with E-state index in [2.05, 4.69) is 16.4 Å². The Kier molecular flexibility index (Phi) is 5.21. The molecule has 5 rings (SSSR count). The topological polar surface area (TPSA) is 90.4 Å². The number of carbonyl (C=O) groups is 1. The van der Waals surface area contributed by atoms with Crippen LogP contribution in [0.5, 0.6) is 0 Å². The van der Waals surface area contributed by atoms with Gasteiger partial charge in [-0.3, -0.25) is 4.79 Å². The highest BCUT2D eigenvalue weighted by atomic mass is 16.5. The maximum atomic E-state index is 12.7. The molecule has 0 aliphatic heterocycles. The number of aliphatic hydroxyl groups is 1. The van der Waals surface area contributed by atoms with Crippen molar-refractivity contribution in [1.29, 1.82) is 0 Å². The monoisotopic (exact) mass is 433 g/mol.